The van der Waals surface area contributed by atoms with Gasteiger partial charge in [0, 0.05) is 56.0 Å². The van der Waals surface area contributed by atoms with E-state index in [9.17, 15) is 18.4 Å². The van der Waals surface area contributed by atoms with Crippen LogP contribution in [0.15, 0.2) is 0 Å². The summed E-state index contributed by atoms with van der Waals surface area (Å²) >= 11 is 0. The first-order valence-electron chi connectivity index (χ1n) is 10.9. The minimum atomic E-state index is -2.62. The predicted molar refractivity (Wildman–Crippen MR) is 97.7 cm³/mol. The smallest absolute Gasteiger partial charge is 0.248 e. The highest BCUT2D eigenvalue weighted by molar-refractivity contribution is 5.85. The standard InChI is InChI=1S/C21H30F2N2O3/c22-21(23)5-3-14(4-6-21)18(26)25-15-1-2-17(25)16(11-15)19(27)24-9-7-20(12-24)8-10-28-13-20/h14-17H,1-13H2/t15-,16-,17-,20-/m1/s1. The van der Waals surface area contributed by atoms with Gasteiger partial charge >= 0.3 is 0 Å². The topological polar surface area (TPSA) is 49.9 Å². The molecular formula is C21H30F2N2O3. The molecule has 2 amide bonds. The second-order valence-electron chi connectivity index (χ2n) is 9.83. The number of halogens is 2. The first-order valence-corrected chi connectivity index (χ1v) is 10.9. The molecule has 1 saturated carbocycles. The van der Waals surface area contributed by atoms with Crippen LogP contribution in [0.4, 0.5) is 8.78 Å². The second-order valence-corrected chi connectivity index (χ2v) is 9.83. The molecule has 2 bridgehead atoms. The molecule has 1 aliphatic carbocycles. The lowest BCUT2D eigenvalue weighted by molar-refractivity contribution is -0.142. The van der Waals surface area contributed by atoms with Crippen molar-refractivity contribution in [1.29, 1.82) is 0 Å². The third-order valence-electron chi connectivity index (χ3n) is 8.11. The molecule has 7 heteroatoms. The van der Waals surface area contributed by atoms with E-state index in [0.717, 1.165) is 58.4 Å². The average molecular weight is 396 g/mol. The first-order chi connectivity index (χ1) is 13.4. The summed E-state index contributed by atoms with van der Waals surface area (Å²) in [7, 11) is 0. The molecule has 4 aliphatic heterocycles. The van der Waals surface area contributed by atoms with Crippen LogP contribution >= 0.6 is 0 Å². The number of nitrogens with zero attached hydrogens (tertiary/aromatic N) is 2. The van der Waals surface area contributed by atoms with Crippen molar-refractivity contribution < 1.29 is 23.1 Å². The molecule has 5 nitrogen and oxygen atoms in total. The lowest BCUT2D eigenvalue weighted by Crippen LogP contribution is -2.45. The molecule has 0 aromatic rings. The molecule has 4 heterocycles. The van der Waals surface area contributed by atoms with E-state index >= 15 is 0 Å². The van der Waals surface area contributed by atoms with Gasteiger partial charge in [0.2, 0.25) is 17.7 Å². The molecule has 0 aromatic heterocycles. The van der Waals surface area contributed by atoms with Crippen LogP contribution in [0.2, 0.25) is 0 Å². The summed E-state index contributed by atoms with van der Waals surface area (Å²) in [6.07, 6.45) is 4.78. The highest BCUT2D eigenvalue weighted by Gasteiger charge is 2.54. The molecule has 0 aromatic carbocycles. The van der Waals surface area contributed by atoms with Crippen LogP contribution in [0.5, 0.6) is 0 Å². The number of carbonyl (C=O) groups excluding carboxylic acids is 2. The van der Waals surface area contributed by atoms with Crippen molar-refractivity contribution in [1.82, 2.24) is 9.80 Å². The number of hydrogen-bond acceptors (Lipinski definition) is 3. The summed E-state index contributed by atoms with van der Waals surface area (Å²) in [5.41, 5.74) is 0.149. The van der Waals surface area contributed by atoms with Crippen LogP contribution in [0.1, 0.15) is 57.8 Å². The highest BCUT2D eigenvalue weighted by Crippen LogP contribution is 2.47. The van der Waals surface area contributed by atoms with E-state index in [1.54, 1.807) is 0 Å². The Balaban J connectivity index is 1.24. The van der Waals surface area contributed by atoms with Gasteiger partial charge in [-0.25, -0.2) is 8.78 Å². The number of rotatable bonds is 2. The summed E-state index contributed by atoms with van der Waals surface area (Å²) in [5, 5.41) is 0. The molecule has 5 aliphatic rings. The lowest BCUT2D eigenvalue weighted by atomic mass is 9.85. The maximum atomic E-state index is 13.5. The summed E-state index contributed by atoms with van der Waals surface area (Å²) in [5.74, 6) is -2.79. The zero-order valence-electron chi connectivity index (χ0n) is 16.4. The fourth-order valence-corrected chi connectivity index (χ4v) is 6.42. The average Bonchev–Trinajstić information content (AvgIpc) is 3.45. The monoisotopic (exact) mass is 396 g/mol. The molecule has 0 radical (unpaired) electrons. The van der Waals surface area contributed by atoms with Crippen LogP contribution < -0.4 is 0 Å². The van der Waals surface area contributed by atoms with Gasteiger partial charge < -0.3 is 14.5 Å². The van der Waals surface area contributed by atoms with E-state index in [1.807, 2.05) is 9.80 Å². The molecule has 156 valence electrons. The number of amides is 2. The van der Waals surface area contributed by atoms with E-state index < -0.39 is 5.92 Å². The van der Waals surface area contributed by atoms with Crippen LogP contribution in [0.25, 0.3) is 0 Å². The molecule has 4 atom stereocenters. The maximum Gasteiger partial charge on any atom is 0.248 e. The van der Waals surface area contributed by atoms with E-state index in [2.05, 4.69) is 0 Å². The largest absolute Gasteiger partial charge is 0.381 e. The fourth-order valence-electron chi connectivity index (χ4n) is 6.42. The molecule has 5 rings (SSSR count). The van der Waals surface area contributed by atoms with Crippen molar-refractivity contribution in [2.24, 2.45) is 17.3 Å². The minimum Gasteiger partial charge on any atom is -0.381 e. The minimum absolute atomic E-state index is 0.0242. The Bertz CT molecular complexity index is 654. The Morgan fingerprint density at radius 2 is 1.75 bits per heavy atom. The third kappa shape index (κ3) is 3.04. The second kappa shape index (κ2) is 6.64. The van der Waals surface area contributed by atoms with Crippen LogP contribution in [0, 0.1) is 17.3 Å². The fraction of sp³-hybridized carbons (Fsp3) is 0.905. The van der Waals surface area contributed by atoms with Gasteiger partial charge in [-0.2, -0.15) is 0 Å². The van der Waals surface area contributed by atoms with E-state index in [-0.39, 0.29) is 66.8 Å². The van der Waals surface area contributed by atoms with Crippen molar-refractivity contribution in [3.63, 3.8) is 0 Å². The summed E-state index contributed by atoms with van der Waals surface area (Å²) in [4.78, 5) is 30.3. The Kier molecular flexibility index (Phi) is 4.45. The van der Waals surface area contributed by atoms with Gasteiger partial charge in [-0.15, -0.1) is 0 Å². The lowest BCUT2D eigenvalue weighted by Gasteiger charge is -2.33. The van der Waals surface area contributed by atoms with Gasteiger partial charge in [0.15, 0.2) is 0 Å². The maximum absolute atomic E-state index is 13.5. The number of alkyl halides is 2. The Morgan fingerprint density at radius 1 is 0.964 bits per heavy atom. The van der Waals surface area contributed by atoms with Crippen LogP contribution in [-0.4, -0.2) is 65.9 Å². The summed E-state index contributed by atoms with van der Waals surface area (Å²) in [6.45, 7) is 3.12. The third-order valence-corrected chi connectivity index (χ3v) is 8.11. The van der Waals surface area contributed by atoms with Gasteiger partial charge in [0.1, 0.15) is 0 Å². The van der Waals surface area contributed by atoms with Crippen molar-refractivity contribution in [3.8, 4) is 0 Å². The van der Waals surface area contributed by atoms with Crippen molar-refractivity contribution in [3.05, 3.63) is 0 Å². The zero-order chi connectivity index (χ0) is 19.5. The summed E-state index contributed by atoms with van der Waals surface area (Å²) in [6, 6.07) is 0.101. The molecular weight excluding hydrogens is 366 g/mol. The SMILES string of the molecule is O=C([C@@H]1C[C@H]2CC[C@H]1N2C(=O)C1CCC(F)(F)CC1)N1CC[C@@]2(CCOC2)C1. The van der Waals surface area contributed by atoms with Gasteiger partial charge in [0.05, 0.1) is 12.5 Å². The van der Waals surface area contributed by atoms with Crippen molar-refractivity contribution in [2.75, 3.05) is 26.3 Å². The predicted octanol–water partition coefficient (Wildman–Crippen LogP) is 2.83. The van der Waals surface area contributed by atoms with Gasteiger partial charge in [0.25, 0.3) is 0 Å². The van der Waals surface area contributed by atoms with E-state index in [0.29, 0.717) is 0 Å². The van der Waals surface area contributed by atoms with Crippen LogP contribution in [-0.2, 0) is 14.3 Å². The molecule has 5 fully saturated rings. The van der Waals surface area contributed by atoms with E-state index in [4.69, 9.17) is 4.74 Å². The molecule has 0 N–H and O–H groups in total. The Labute approximate surface area is 164 Å². The first kappa shape index (κ1) is 18.8. The van der Waals surface area contributed by atoms with E-state index in [1.165, 1.54) is 0 Å². The molecule has 4 saturated heterocycles. The number of likely N-dealkylation sites (tertiary alicyclic amines) is 1. The zero-order valence-corrected chi connectivity index (χ0v) is 16.4. The quantitative estimate of drug-likeness (QED) is 0.721. The molecule has 28 heavy (non-hydrogen) atoms. The number of hydrogen-bond donors (Lipinski definition) is 0. The van der Waals surface area contributed by atoms with Gasteiger partial charge in [-0.3, -0.25) is 9.59 Å². The molecule has 0 unspecified atom stereocenters. The van der Waals surface area contributed by atoms with Gasteiger partial charge in [-0.05, 0) is 44.9 Å². The highest BCUT2D eigenvalue weighted by atomic mass is 19.3. The van der Waals surface area contributed by atoms with Crippen LogP contribution in [0.3, 0.4) is 0 Å². The van der Waals surface area contributed by atoms with Crippen molar-refractivity contribution >= 4 is 11.8 Å². The summed E-state index contributed by atoms with van der Waals surface area (Å²) < 4.78 is 32.5. The normalized spacial score (nSPS) is 40.0. The molecule has 1 spiro atoms. The Morgan fingerprint density at radius 3 is 2.46 bits per heavy atom. The number of ether oxygens (including phenoxy) is 1. The van der Waals surface area contributed by atoms with Gasteiger partial charge in [-0.1, -0.05) is 0 Å². The van der Waals surface area contributed by atoms with Crippen molar-refractivity contribution in [2.45, 2.75) is 75.8 Å². The Hall–Kier alpha value is -1.24. The number of fused-ring (bicyclic) bond motifs is 2. The number of carbonyl (C=O) groups is 2.